The standard InChI is InChI=1S/C12H18ClN3/c1-7(10-4-5-10)6-14-12-8(2)11(13)15-9(3)16-12/h7,10H,4-6H2,1-3H3,(H,14,15,16). The summed E-state index contributed by atoms with van der Waals surface area (Å²) in [4.78, 5) is 8.50. The van der Waals surface area contributed by atoms with Crippen molar-refractivity contribution >= 4 is 17.4 Å². The molecule has 2 rings (SSSR count). The summed E-state index contributed by atoms with van der Waals surface area (Å²) in [5.41, 5.74) is 0.940. The van der Waals surface area contributed by atoms with E-state index in [0.717, 1.165) is 29.7 Å². The summed E-state index contributed by atoms with van der Waals surface area (Å²) in [6, 6.07) is 0. The topological polar surface area (TPSA) is 37.8 Å². The van der Waals surface area contributed by atoms with Gasteiger partial charge in [0.1, 0.15) is 16.8 Å². The summed E-state index contributed by atoms with van der Waals surface area (Å²) < 4.78 is 0. The van der Waals surface area contributed by atoms with E-state index < -0.39 is 0 Å². The van der Waals surface area contributed by atoms with E-state index in [-0.39, 0.29) is 0 Å². The number of aromatic nitrogens is 2. The van der Waals surface area contributed by atoms with Gasteiger partial charge in [0.05, 0.1) is 0 Å². The van der Waals surface area contributed by atoms with E-state index in [4.69, 9.17) is 11.6 Å². The highest BCUT2D eigenvalue weighted by Gasteiger charge is 2.27. The van der Waals surface area contributed by atoms with Crippen LogP contribution in [0.25, 0.3) is 0 Å². The lowest BCUT2D eigenvalue weighted by Crippen LogP contribution is -2.15. The molecule has 88 valence electrons. The second-order valence-electron chi connectivity index (χ2n) is 4.73. The molecule has 1 heterocycles. The van der Waals surface area contributed by atoms with Gasteiger partial charge in [-0.25, -0.2) is 9.97 Å². The average Bonchev–Trinajstić information content (AvgIpc) is 3.04. The van der Waals surface area contributed by atoms with Gasteiger partial charge in [-0.3, -0.25) is 0 Å². The minimum absolute atomic E-state index is 0.550. The quantitative estimate of drug-likeness (QED) is 0.820. The molecule has 0 saturated heterocycles. The number of aryl methyl sites for hydroxylation is 1. The van der Waals surface area contributed by atoms with Crippen LogP contribution in [0.4, 0.5) is 5.82 Å². The Morgan fingerprint density at radius 1 is 1.38 bits per heavy atom. The molecule has 0 bridgehead atoms. The third-order valence-corrected chi connectivity index (χ3v) is 3.58. The summed E-state index contributed by atoms with van der Waals surface area (Å²) in [6.45, 7) is 7.07. The molecule has 0 aromatic carbocycles. The van der Waals surface area contributed by atoms with Gasteiger partial charge in [0.15, 0.2) is 0 Å². The van der Waals surface area contributed by atoms with Gasteiger partial charge < -0.3 is 5.32 Å². The summed E-state index contributed by atoms with van der Waals surface area (Å²) in [5, 5.41) is 3.93. The Morgan fingerprint density at radius 2 is 2.06 bits per heavy atom. The number of hydrogen-bond acceptors (Lipinski definition) is 3. The van der Waals surface area contributed by atoms with Crippen LogP contribution in [0.15, 0.2) is 0 Å². The fourth-order valence-electron chi connectivity index (χ4n) is 1.86. The van der Waals surface area contributed by atoms with E-state index in [1.807, 2.05) is 13.8 Å². The monoisotopic (exact) mass is 239 g/mol. The number of halogens is 1. The molecular formula is C12H18ClN3. The fourth-order valence-corrected chi connectivity index (χ4v) is 2.07. The predicted octanol–water partition coefficient (Wildman–Crippen LogP) is 3.20. The first kappa shape index (κ1) is 11.6. The lowest BCUT2D eigenvalue weighted by molar-refractivity contribution is 0.535. The molecule has 0 aliphatic heterocycles. The lowest BCUT2D eigenvalue weighted by Gasteiger charge is -2.14. The molecule has 0 spiro atoms. The molecule has 1 aliphatic rings. The van der Waals surface area contributed by atoms with Crippen LogP contribution in [0.2, 0.25) is 5.15 Å². The first-order chi connectivity index (χ1) is 7.58. The molecule has 1 N–H and O–H groups in total. The summed E-state index contributed by atoms with van der Waals surface area (Å²) in [5.74, 6) is 3.22. The maximum atomic E-state index is 6.02. The zero-order valence-electron chi connectivity index (χ0n) is 10.0. The van der Waals surface area contributed by atoms with E-state index in [9.17, 15) is 0 Å². The molecule has 4 heteroatoms. The molecule has 0 amide bonds. The molecule has 3 nitrogen and oxygen atoms in total. The van der Waals surface area contributed by atoms with E-state index in [1.165, 1.54) is 12.8 Å². The second kappa shape index (κ2) is 4.58. The van der Waals surface area contributed by atoms with Gasteiger partial charge in [0.25, 0.3) is 0 Å². The molecular weight excluding hydrogens is 222 g/mol. The number of hydrogen-bond donors (Lipinski definition) is 1. The highest BCUT2D eigenvalue weighted by Crippen LogP contribution is 2.36. The molecule has 1 fully saturated rings. The van der Waals surface area contributed by atoms with Crippen molar-refractivity contribution in [2.45, 2.75) is 33.6 Å². The number of nitrogens with zero attached hydrogens (tertiary/aromatic N) is 2. The van der Waals surface area contributed by atoms with E-state index in [1.54, 1.807) is 0 Å². The van der Waals surface area contributed by atoms with Gasteiger partial charge in [0, 0.05) is 12.1 Å². The average molecular weight is 240 g/mol. The van der Waals surface area contributed by atoms with Crippen molar-refractivity contribution in [3.05, 3.63) is 16.5 Å². The van der Waals surface area contributed by atoms with Crippen molar-refractivity contribution < 1.29 is 0 Å². The Morgan fingerprint density at radius 3 is 2.69 bits per heavy atom. The van der Waals surface area contributed by atoms with E-state index in [2.05, 4.69) is 22.2 Å². The summed E-state index contributed by atoms with van der Waals surface area (Å²) in [6.07, 6.45) is 2.76. The normalized spacial score (nSPS) is 17.2. The number of rotatable bonds is 4. The second-order valence-corrected chi connectivity index (χ2v) is 5.09. The highest BCUT2D eigenvalue weighted by molar-refractivity contribution is 6.30. The van der Waals surface area contributed by atoms with Crippen LogP contribution in [-0.4, -0.2) is 16.5 Å². The van der Waals surface area contributed by atoms with Crippen molar-refractivity contribution in [1.82, 2.24) is 9.97 Å². The zero-order chi connectivity index (χ0) is 11.7. The van der Waals surface area contributed by atoms with Crippen LogP contribution in [0.1, 0.15) is 31.2 Å². The lowest BCUT2D eigenvalue weighted by atomic mass is 10.1. The van der Waals surface area contributed by atoms with Crippen LogP contribution in [0, 0.1) is 25.7 Å². The minimum Gasteiger partial charge on any atom is -0.369 e. The molecule has 16 heavy (non-hydrogen) atoms. The summed E-state index contributed by atoms with van der Waals surface area (Å²) in [7, 11) is 0. The van der Waals surface area contributed by atoms with Crippen LogP contribution < -0.4 is 5.32 Å². The first-order valence-electron chi connectivity index (χ1n) is 5.82. The maximum absolute atomic E-state index is 6.02. The SMILES string of the molecule is Cc1nc(Cl)c(C)c(NCC(C)C2CC2)n1. The molecule has 1 saturated carbocycles. The third-order valence-electron chi connectivity index (χ3n) is 3.22. The van der Waals surface area contributed by atoms with Gasteiger partial charge in [0.2, 0.25) is 0 Å². The Balaban J connectivity index is 2.02. The van der Waals surface area contributed by atoms with Gasteiger partial charge in [-0.15, -0.1) is 0 Å². The van der Waals surface area contributed by atoms with Crippen LogP contribution in [-0.2, 0) is 0 Å². The zero-order valence-corrected chi connectivity index (χ0v) is 10.8. The number of nitrogens with one attached hydrogen (secondary N) is 1. The molecule has 1 aromatic heterocycles. The maximum Gasteiger partial charge on any atom is 0.137 e. The van der Waals surface area contributed by atoms with Crippen LogP contribution in [0.3, 0.4) is 0 Å². The van der Waals surface area contributed by atoms with Gasteiger partial charge in [-0.05, 0) is 38.5 Å². The smallest absolute Gasteiger partial charge is 0.137 e. The highest BCUT2D eigenvalue weighted by atomic mass is 35.5. The van der Waals surface area contributed by atoms with Gasteiger partial charge in [-0.2, -0.15) is 0 Å². The predicted molar refractivity (Wildman–Crippen MR) is 66.9 cm³/mol. The molecule has 1 atom stereocenters. The van der Waals surface area contributed by atoms with Crippen LogP contribution in [0.5, 0.6) is 0 Å². The van der Waals surface area contributed by atoms with Crippen molar-refractivity contribution in [3.63, 3.8) is 0 Å². The Kier molecular flexibility index (Phi) is 3.33. The van der Waals surface area contributed by atoms with Crippen LogP contribution >= 0.6 is 11.6 Å². The molecule has 1 aromatic rings. The largest absolute Gasteiger partial charge is 0.369 e. The Bertz CT molecular complexity index is 388. The number of anilines is 1. The molecule has 1 unspecified atom stereocenters. The minimum atomic E-state index is 0.550. The summed E-state index contributed by atoms with van der Waals surface area (Å²) >= 11 is 6.02. The Hall–Kier alpha value is -0.830. The van der Waals surface area contributed by atoms with Gasteiger partial charge in [-0.1, -0.05) is 18.5 Å². The van der Waals surface area contributed by atoms with E-state index in [0.29, 0.717) is 11.1 Å². The molecule has 0 radical (unpaired) electrons. The first-order valence-corrected chi connectivity index (χ1v) is 6.20. The van der Waals surface area contributed by atoms with Crippen molar-refractivity contribution in [2.24, 2.45) is 11.8 Å². The van der Waals surface area contributed by atoms with Gasteiger partial charge >= 0.3 is 0 Å². The van der Waals surface area contributed by atoms with Crippen molar-refractivity contribution in [1.29, 1.82) is 0 Å². The van der Waals surface area contributed by atoms with Crippen molar-refractivity contribution in [2.75, 3.05) is 11.9 Å². The third kappa shape index (κ3) is 2.64. The van der Waals surface area contributed by atoms with E-state index >= 15 is 0 Å². The molecule has 1 aliphatic carbocycles. The fraction of sp³-hybridized carbons (Fsp3) is 0.667. The Labute approximate surface area is 102 Å². The van der Waals surface area contributed by atoms with Crippen molar-refractivity contribution in [3.8, 4) is 0 Å².